The summed E-state index contributed by atoms with van der Waals surface area (Å²) in [5.41, 5.74) is 0.673. The van der Waals surface area contributed by atoms with Crippen LogP contribution >= 0.6 is 23.2 Å². The van der Waals surface area contributed by atoms with Gasteiger partial charge in [-0.1, -0.05) is 35.3 Å². The molecule has 0 aliphatic rings. The zero-order valence-electron chi connectivity index (χ0n) is 9.61. The maximum Gasteiger partial charge on any atom is 0.333 e. The molecule has 0 bridgehead atoms. The fourth-order valence-electron chi connectivity index (χ4n) is 1.43. The lowest BCUT2D eigenvalue weighted by Crippen LogP contribution is -2.29. The molecule has 17 heavy (non-hydrogen) atoms. The SMILES string of the molecule is CC(C)OC(Cc1cccc(Cl)c1Cl)C(=O)O. The van der Waals surface area contributed by atoms with Crippen molar-refractivity contribution < 1.29 is 14.6 Å². The van der Waals surface area contributed by atoms with Gasteiger partial charge in [-0.3, -0.25) is 0 Å². The molecule has 1 aromatic carbocycles. The highest BCUT2D eigenvalue weighted by Crippen LogP contribution is 2.27. The van der Waals surface area contributed by atoms with Crippen LogP contribution in [0.3, 0.4) is 0 Å². The molecule has 1 atom stereocenters. The Kier molecular flexibility index (Phi) is 5.25. The van der Waals surface area contributed by atoms with Crippen molar-refractivity contribution in [1.29, 1.82) is 0 Å². The van der Waals surface area contributed by atoms with Crippen LogP contribution in [0.15, 0.2) is 18.2 Å². The smallest absolute Gasteiger partial charge is 0.333 e. The molecule has 0 radical (unpaired) electrons. The molecule has 0 saturated carbocycles. The molecule has 1 rings (SSSR count). The normalized spacial score (nSPS) is 12.8. The average molecular weight is 277 g/mol. The minimum Gasteiger partial charge on any atom is -0.479 e. The molecule has 0 heterocycles. The topological polar surface area (TPSA) is 46.5 Å². The molecular formula is C12H14Cl2O3. The predicted molar refractivity (Wildman–Crippen MR) is 67.8 cm³/mol. The van der Waals surface area contributed by atoms with Crippen LogP contribution < -0.4 is 0 Å². The van der Waals surface area contributed by atoms with Gasteiger partial charge in [-0.15, -0.1) is 0 Å². The van der Waals surface area contributed by atoms with Gasteiger partial charge in [0.05, 0.1) is 16.1 Å². The third kappa shape index (κ3) is 4.19. The van der Waals surface area contributed by atoms with Gasteiger partial charge in [0.25, 0.3) is 0 Å². The summed E-state index contributed by atoms with van der Waals surface area (Å²) in [7, 11) is 0. The number of halogens is 2. The Labute approximate surface area is 110 Å². The lowest BCUT2D eigenvalue weighted by molar-refractivity contribution is -0.153. The summed E-state index contributed by atoms with van der Waals surface area (Å²) in [6, 6.07) is 5.14. The number of ether oxygens (including phenoxy) is 1. The van der Waals surface area contributed by atoms with E-state index in [-0.39, 0.29) is 12.5 Å². The molecule has 3 nitrogen and oxygen atoms in total. The van der Waals surface area contributed by atoms with E-state index in [0.717, 1.165) is 0 Å². The molecule has 94 valence electrons. The molecule has 0 aliphatic heterocycles. The highest BCUT2D eigenvalue weighted by atomic mass is 35.5. The molecular weight excluding hydrogens is 263 g/mol. The molecule has 0 amide bonds. The Balaban J connectivity index is 2.86. The summed E-state index contributed by atoms with van der Waals surface area (Å²) >= 11 is 11.9. The Bertz CT molecular complexity index is 405. The van der Waals surface area contributed by atoms with Crippen molar-refractivity contribution in [3.8, 4) is 0 Å². The quantitative estimate of drug-likeness (QED) is 0.897. The van der Waals surface area contributed by atoms with Crippen molar-refractivity contribution in [2.75, 3.05) is 0 Å². The van der Waals surface area contributed by atoms with E-state index >= 15 is 0 Å². The van der Waals surface area contributed by atoms with E-state index in [1.807, 2.05) is 0 Å². The van der Waals surface area contributed by atoms with Crippen LogP contribution in [0.5, 0.6) is 0 Å². The second kappa shape index (κ2) is 6.24. The lowest BCUT2D eigenvalue weighted by atomic mass is 10.1. The van der Waals surface area contributed by atoms with Crippen LogP contribution in [0.4, 0.5) is 0 Å². The van der Waals surface area contributed by atoms with Crippen LogP contribution in [0, 0.1) is 0 Å². The third-order valence-corrected chi connectivity index (χ3v) is 3.01. The average Bonchev–Trinajstić information content (AvgIpc) is 2.22. The van der Waals surface area contributed by atoms with Gasteiger partial charge in [0, 0.05) is 6.42 Å². The van der Waals surface area contributed by atoms with Crippen LogP contribution in [0.25, 0.3) is 0 Å². The van der Waals surface area contributed by atoms with Crippen LogP contribution in [0.2, 0.25) is 10.0 Å². The highest BCUT2D eigenvalue weighted by Gasteiger charge is 2.21. The summed E-state index contributed by atoms with van der Waals surface area (Å²) in [5.74, 6) is -1.00. The molecule has 1 unspecified atom stereocenters. The highest BCUT2D eigenvalue weighted by molar-refractivity contribution is 6.42. The molecule has 0 aliphatic carbocycles. The van der Waals surface area contributed by atoms with Crippen molar-refractivity contribution >= 4 is 29.2 Å². The number of hydrogen-bond donors (Lipinski definition) is 1. The largest absolute Gasteiger partial charge is 0.479 e. The Morgan fingerprint density at radius 1 is 1.41 bits per heavy atom. The number of rotatable bonds is 5. The molecule has 0 saturated heterocycles. The number of hydrogen-bond acceptors (Lipinski definition) is 2. The van der Waals surface area contributed by atoms with Crippen molar-refractivity contribution in [2.24, 2.45) is 0 Å². The van der Waals surface area contributed by atoms with Gasteiger partial charge < -0.3 is 9.84 Å². The minimum absolute atomic E-state index is 0.158. The van der Waals surface area contributed by atoms with Crippen LogP contribution in [-0.4, -0.2) is 23.3 Å². The number of benzene rings is 1. The summed E-state index contributed by atoms with van der Waals surface area (Å²) < 4.78 is 5.31. The first kappa shape index (κ1) is 14.3. The van der Waals surface area contributed by atoms with Gasteiger partial charge >= 0.3 is 5.97 Å². The van der Waals surface area contributed by atoms with Gasteiger partial charge in [0.15, 0.2) is 6.10 Å². The number of aliphatic carboxylic acids is 1. The maximum absolute atomic E-state index is 11.0. The molecule has 0 aromatic heterocycles. The standard InChI is InChI=1S/C12H14Cl2O3/c1-7(2)17-10(12(15)16)6-8-4-3-5-9(13)11(8)14/h3-5,7,10H,6H2,1-2H3,(H,15,16). The molecule has 0 fully saturated rings. The molecule has 1 aromatic rings. The zero-order chi connectivity index (χ0) is 13.0. The van der Waals surface area contributed by atoms with Gasteiger partial charge in [-0.25, -0.2) is 4.79 Å². The molecule has 5 heteroatoms. The van der Waals surface area contributed by atoms with E-state index in [2.05, 4.69) is 0 Å². The van der Waals surface area contributed by atoms with Gasteiger partial charge in [0.2, 0.25) is 0 Å². The minimum atomic E-state index is -1.00. The molecule has 1 N–H and O–H groups in total. The first-order chi connectivity index (χ1) is 7.91. The Morgan fingerprint density at radius 2 is 2.06 bits per heavy atom. The Morgan fingerprint density at radius 3 is 2.59 bits per heavy atom. The van der Waals surface area contributed by atoms with Crippen LogP contribution in [-0.2, 0) is 16.0 Å². The van der Waals surface area contributed by atoms with E-state index in [0.29, 0.717) is 15.6 Å². The summed E-state index contributed by atoms with van der Waals surface area (Å²) in [6.07, 6.45) is -0.868. The number of carboxylic acids is 1. The second-order valence-electron chi connectivity index (χ2n) is 3.93. The van der Waals surface area contributed by atoms with Crippen molar-refractivity contribution in [3.05, 3.63) is 33.8 Å². The summed E-state index contributed by atoms with van der Waals surface area (Å²) in [6.45, 7) is 3.57. The number of carbonyl (C=O) groups is 1. The van der Waals surface area contributed by atoms with Crippen molar-refractivity contribution in [3.63, 3.8) is 0 Å². The van der Waals surface area contributed by atoms with E-state index in [9.17, 15) is 4.79 Å². The number of carboxylic acid groups (broad SMARTS) is 1. The van der Waals surface area contributed by atoms with Crippen molar-refractivity contribution in [2.45, 2.75) is 32.5 Å². The van der Waals surface area contributed by atoms with E-state index in [4.69, 9.17) is 33.0 Å². The van der Waals surface area contributed by atoms with E-state index < -0.39 is 12.1 Å². The van der Waals surface area contributed by atoms with E-state index in [1.54, 1.807) is 32.0 Å². The Hall–Kier alpha value is -0.770. The maximum atomic E-state index is 11.0. The fraction of sp³-hybridized carbons (Fsp3) is 0.417. The third-order valence-electron chi connectivity index (χ3n) is 2.15. The summed E-state index contributed by atoms with van der Waals surface area (Å²) in [5, 5.41) is 9.84. The van der Waals surface area contributed by atoms with Gasteiger partial charge in [0.1, 0.15) is 0 Å². The van der Waals surface area contributed by atoms with Crippen LogP contribution in [0.1, 0.15) is 19.4 Å². The second-order valence-corrected chi connectivity index (χ2v) is 4.71. The lowest BCUT2D eigenvalue weighted by Gasteiger charge is -2.17. The van der Waals surface area contributed by atoms with E-state index in [1.165, 1.54) is 0 Å². The monoisotopic (exact) mass is 276 g/mol. The van der Waals surface area contributed by atoms with Crippen molar-refractivity contribution in [1.82, 2.24) is 0 Å². The first-order valence-electron chi connectivity index (χ1n) is 5.23. The van der Waals surface area contributed by atoms with Gasteiger partial charge in [-0.2, -0.15) is 0 Å². The first-order valence-corrected chi connectivity index (χ1v) is 5.98. The zero-order valence-corrected chi connectivity index (χ0v) is 11.1. The summed E-state index contributed by atoms with van der Waals surface area (Å²) in [4.78, 5) is 11.0. The molecule has 0 spiro atoms. The fourth-order valence-corrected chi connectivity index (χ4v) is 1.83. The predicted octanol–water partition coefficient (Wildman–Crippen LogP) is 3.41. The van der Waals surface area contributed by atoms with Gasteiger partial charge in [-0.05, 0) is 25.5 Å².